The standard InChI is InChI=1S/C28H26N4O3S/c1-17-26(18(2)35-31-17)20-8-10-23-22(14-20)28(30-27(29-23)25-11-9-21(15-33)36-25)32-12-13-34-16-24(32)19-6-4-3-5-7-19/h3-11,14,24,33H,12-13,15-16H2,1-2H3/t24-/m1/s1. The van der Waals surface area contributed by atoms with Gasteiger partial charge in [-0.25, -0.2) is 9.97 Å². The summed E-state index contributed by atoms with van der Waals surface area (Å²) in [5.41, 5.74) is 4.93. The molecule has 5 aromatic rings. The van der Waals surface area contributed by atoms with E-state index in [1.54, 1.807) is 0 Å². The van der Waals surface area contributed by atoms with E-state index in [-0.39, 0.29) is 12.6 Å². The second kappa shape index (κ2) is 9.46. The van der Waals surface area contributed by atoms with Crippen LogP contribution in [0.2, 0.25) is 0 Å². The number of hydrogen-bond donors (Lipinski definition) is 1. The highest BCUT2D eigenvalue weighted by atomic mass is 32.1. The molecule has 4 heterocycles. The number of aliphatic hydroxyl groups is 1. The molecule has 2 aromatic carbocycles. The van der Waals surface area contributed by atoms with Crippen LogP contribution in [0.5, 0.6) is 0 Å². The van der Waals surface area contributed by atoms with Gasteiger partial charge in [-0.3, -0.25) is 0 Å². The van der Waals surface area contributed by atoms with Crippen molar-refractivity contribution < 1.29 is 14.4 Å². The fraction of sp³-hybridized carbons (Fsp3) is 0.250. The fourth-order valence-corrected chi connectivity index (χ4v) is 5.69. The number of aliphatic hydroxyl groups excluding tert-OH is 1. The van der Waals surface area contributed by atoms with E-state index in [1.807, 2.05) is 38.1 Å². The van der Waals surface area contributed by atoms with E-state index in [1.165, 1.54) is 16.9 Å². The Morgan fingerprint density at radius 3 is 2.67 bits per heavy atom. The zero-order valence-corrected chi connectivity index (χ0v) is 21.0. The maximum absolute atomic E-state index is 9.59. The molecule has 0 spiro atoms. The number of fused-ring (bicyclic) bond motifs is 1. The molecule has 6 rings (SSSR count). The number of anilines is 1. The molecule has 0 radical (unpaired) electrons. The molecular formula is C28H26N4O3S. The van der Waals surface area contributed by atoms with Crippen molar-refractivity contribution in [1.29, 1.82) is 0 Å². The van der Waals surface area contributed by atoms with Crippen molar-refractivity contribution >= 4 is 28.1 Å². The fourth-order valence-electron chi connectivity index (χ4n) is 4.88. The summed E-state index contributed by atoms with van der Waals surface area (Å²) in [5.74, 6) is 2.32. The number of aryl methyl sites for hydroxylation is 2. The summed E-state index contributed by atoms with van der Waals surface area (Å²) in [6.07, 6.45) is 0. The van der Waals surface area contributed by atoms with Crippen LogP contribution in [0.25, 0.3) is 32.7 Å². The predicted molar refractivity (Wildman–Crippen MR) is 141 cm³/mol. The molecular weight excluding hydrogens is 472 g/mol. The Balaban J connectivity index is 1.56. The van der Waals surface area contributed by atoms with Crippen molar-refractivity contribution in [2.24, 2.45) is 0 Å². The lowest BCUT2D eigenvalue weighted by atomic mass is 10.0. The van der Waals surface area contributed by atoms with Gasteiger partial charge in [-0.05, 0) is 49.2 Å². The van der Waals surface area contributed by atoms with Crippen molar-refractivity contribution in [1.82, 2.24) is 15.1 Å². The van der Waals surface area contributed by atoms with Crippen molar-refractivity contribution in [3.8, 4) is 21.8 Å². The quantitative estimate of drug-likeness (QED) is 0.333. The molecule has 0 bridgehead atoms. The zero-order chi connectivity index (χ0) is 24.6. The molecule has 1 atom stereocenters. The van der Waals surface area contributed by atoms with Gasteiger partial charge < -0.3 is 19.3 Å². The van der Waals surface area contributed by atoms with Gasteiger partial charge in [0.1, 0.15) is 11.6 Å². The number of morpholine rings is 1. The Morgan fingerprint density at radius 2 is 1.92 bits per heavy atom. The summed E-state index contributed by atoms with van der Waals surface area (Å²) in [5, 5.41) is 14.7. The molecule has 0 amide bonds. The Labute approximate surface area is 213 Å². The summed E-state index contributed by atoms with van der Waals surface area (Å²) in [6.45, 7) is 5.82. The van der Waals surface area contributed by atoms with Crippen LogP contribution < -0.4 is 4.90 Å². The lowest BCUT2D eigenvalue weighted by Crippen LogP contribution is -2.40. The molecule has 182 valence electrons. The SMILES string of the molecule is Cc1noc(C)c1-c1ccc2nc(-c3ccc(CO)s3)nc(N3CCOC[C@@H]3c3ccccc3)c2c1. The molecule has 1 saturated heterocycles. The minimum Gasteiger partial charge on any atom is -0.391 e. The zero-order valence-electron chi connectivity index (χ0n) is 20.1. The number of thiophene rings is 1. The van der Waals surface area contributed by atoms with Crippen LogP contribution in [-0.4, -0.2) is 40.0 Å². The summed E-state index contributed by atoms with van der Waals surface area (Å²) >= 11 is 1.51. The van der Waals surface area contributed by atoms with E-state index in [4.69, 9.17) is 19.2 Å². The highest BCUT2D eigenvalue weighted by Gasteiger charge is 2.28. The molecule has 8 heteroatoms. The first-order valence-electron chi connectivity index (χ1n) is 12.0. The van der Waals surface area contributed by atoms with E-state index in [0.29, 0.717) is 25.6 Å². The summed E-state index contributed by atoms with van der Waals surface area (Å²) in [7, 11) is 0. The van der Waals surface area contributed by atoms with E-state index in [9.17, 15) is 5.11 Å². The van der Waals surface area contributed by atoms with Gasteiger partial charge >= 0.3 is 0 Å². The Bertz CT molecular complexity index is 1510. The topological polar surface area (TPSA) is 84.5 Å². The molecule has 0 aliphatic carbocycles. The predicted octanol–water partition coefficient (Wildman–Crippen LogP) is 5.70. The van der Waals surface area contributed by atoms with Crippen LogP contribution >= 0.6 is 11.3 Å². The smallest absolute Gasteiger partial charge is 0.172 e. The second-order valence-corrected chi connectivity index (χ2v) is 10.1. The number of aromatic nitrogens is 3. The number of ether oxygens (including phenoxy) is 1. The van der Waals surface area contributed by atoms with Crippen LogP contribution in [0.1, 0.15) is 27.9 Å². The van der Waals surface area contributed by atoms with Crippen LogP contribution in [0.3, 0.4) is 0 Å². The van der Waals surface area contributed by atoms with Gasteiger partial charge in [-0.2, -0.15) is 0 Å². The van der Waals surface area contributed by atoms with Crippen LogP contribution in [0.4, 0.5) is 5.82 Å². The monoisotopic (exact) mass is 498 g/mol. The van der Waals surface area contributed by atoms with Crippen molar-refractivity contribution in [3.63, 3.8) is 0 Å². The third-order valence-corrected chi connectivity index (χ3v) is 7.69. The van der Waals surface area contributed by atoms with Crippen molar-refractivity contribution in [2.45, 2.75) is 26.5 Å². The van der Waals surface area contributed by atoms with E-state index < -0.39 is 0 Å². The van der Waals surface area contributed by atoms with Gasteiger partial charge in [-0.1, -0.05) is 41.6 Å². The minimum absolute atomic E-state index is 0.00540. The van der Waals surface area contributed by atoms with Crippen LogP contribution in [-0.2, 0) is 11.3 Å². The van der Waals surface area contributed by atoms with Gasteiger partial charge in [0.2, 0.25) is 0 Å². The Kier molecular flexibility index (Phi) is 6.00. The van der Waals surface area contributed by atoms with Crippen LogP contribution in [0, 0.1) is 13.8 Å². The number of hydrogen-bond acceptors (Lipinski definition) is 8. The third-order valence-electron chi connectivity index (χ3n) is 6.62. The molecule has 0 saturated carbocycles. The molecule has 0 unspecified atom stereocenters. The molecule has 1 aliphatic rings. The maximum Gasteiger partial charge on any atom is 0.172 e. The molecule has 7 nitrogen and oxygen atoms in total. The van der Waals surface area contributed by atoms with E-state index >= 15 is 0 Å². The number of nitrogens with zero attached hydrogens (tertiary/aromatic N) is 4. The van der Waals surface area contributed by atoms with Gasteiger partial charge in [0.15, 0.2) is 5.82 Å². The summed E-state index contributed by atoms with van der Waals surface area (Å²) < 4.78 is 11.4. The third kappa shape index (κ3) is 4.07. The normalized spacial score (nSPS) is 16.1. The van der Waals surface area contributed by atoms with Crippen LogP contribution in [0.15, 0.2) is 65.2 Å². The Morgan fingerprint density at radius 1 is 1.06 bits per heavy atom. The van der Waals surface area contributed by atoms with Crippen molar-refractivity contribution in [3.05, 3.63) is 82.6 Å². The highest BCUT2D eigenvalue weighted by molar-refractivity contribution is 7.15. The first kappa shape index (κ1) is 22.8. The largest absolute Gasteiger partial charge is 0.391 e. The first-order chi connectivity index (χ1) is 17.6. The average Bonchev–Trinajstić information content (AvgIpc) is 3.54. The Hall–Kier alpha value is -3.59. The highest BCUT2D eigenvalue weighted by Crippen LogP contribution is 2.38. The van der Waals surface area contributed by atoms with Gasteiger partial charge in [0, 0.05) is 22.4 Å². The number of rotatable bonds is 5. The lowest BCUT2D eigenvalue weighted by molar-refractivity contribution is 0.0939. The average molecular weight is 499 g/mol. The first-order valence-corrected chi connectivity index (χ1v) is 12.8. The number of benzene rings is 2. The van der Waals surface area contributed by atoms with Gasteiger partial charge in [0.25, 0.3) is 0 Å². The van der Waals surface area contributed by atoms with Crippen molar-refractivity contribution in [2.75, 3.05) is 24.7 Å². The minimum atomic E-state index is 0.00540. The maximum atomic E-state index is 9.59. The second-order valence-electron chi connectivity index (χ2n) is 8.92. The molecule has 1 aliphatic heterocycles. The summed E-state index contributed by atoms with van der Waals surface area (Å²) in [4.78, 5) is 14.2. The van der Waals surface area contributed by atoms with Gasteiger partial charge in [0.05, 0.1) is 42.0 Å². The van der Waals surface area contributed by atoms with E-state index in [0.717, 1.165) is 49.1 Å². The summed E-state index contributed by atoms with van der Waals surface area (Å²) in [6, 6.07) is 20.6. The molecule has 3 aromatic heterocycles. The molecule has 1 fully saturated rings. The lowest BCUT2D eigenvalue weighted by Gasteiger charge is -2.37. The van der Waals surface area contributed by atoms with E-state index in [2.05, 4.69) is 46.5 Å². The molecule has 36 heavy (non-hydrogen) atoms. The molecule has 1 N–H and O–H groups in total. The van der Waals surface area contributed by atoms with Gasteiger partial charge in [-0.15, -0.1) is 11.3 Å².